The van der Waals surface area contributed by atoms with Crippen LogP contribution in [0.4, 0.5) is 0 Å². The van der Waals surface area contributed by atoms with Crippen LogP contribution in [0.1, 0.15) is 25.3 Å². The van der Waals surface area contributed by atoms with Crippen LogP contribution in [0.25, 0.3) is 0 Å². The maximum Gasteiger partial charge on any atom is 0.214 e. The van der Waals surface area contributed by atoms with E-state index in [1.54, 1.807) is 7.11 Å². The Bertz CT molecular complexity index is 270. The summed E-state index contributed by atoms with van der Waals surface area (Å²) < 4.78 is 7.23. The molecule has 1 heterocycles. The van der Waals surface area contributed by atoms with E-state index in [9.17, 15) is 0 Å². The van der Waals surface area contributed by atoms with Crippen LogP contribution in [-0.2, 0) is 13.0 Å². The fourth-order valence-corrected chi connectivity index (χ4v) is 1.48. The minimum Gasteiger partial charge on any atom is -0.481 e. The second-order valence-corrected chi connectivity index (χ2v) is 3.29. The van der Waals surface area contributed by atoms with Crippen molar-refractivity contribution in [1.82, 2.24) is 9.78 Å². The van der Waals surface area contributed by atoms with Gasteiger partial charge in [-0.1, -0.05) is 6.92 Å². The van der Waals surface area contributed by atoms with Crippen molar-refractivity contribution in [2.45, 2.75) is 32.7 Å². The molecule has 0 aliphatic rings. The minimum absolute atomic E-state index is 0.710. The third kappa shape index (κ3) is 2.48. The van der Waals surface area contributed by atoms with Crippen molar-refractivity contribution in [3.8, 4) is 5.88 Å². The number of aryl methyl sites for hydroxylation is 2. The van der Waals surface area contributed by atoms with Gasteiger partial charge in [0.1, 0.15) is 0 Å². The van der Waals surface area contributed by atoms with Gasteiger partial charge in [-0.05, 0) is 25.8 Å². The molecule has 2 N–H and O–H groups in total. The van der Waals surface area contributed by atoms with Gasteiger partial charge in [0.25, 0.3) is 0 Å². The predicted molar refractivity (Wildman–Crippen MR) is 56.4 cm³/mol. The van der Waals surface area contributed by atoms with Crippen molar-refractivity contribution in [2.24, 2.45) is 5.73 Å². The fraction of sp³-hybridized carbons (Fsp3) is 0.700. The van der Waals surface area contributed by atoms with Crippen LogP contribution >= 0.6 is 0 Å². The van der Waals surface area contributed by atoms with Gasteiger partial charge in [-0.3, -0.25) is 0 Å². The number of methoxy groups -OCH3 is 1. The Kier molecular flexibility index (Phi) is 4.46. The molecule has 1 rings (SSSR count). The van der Waals surface area contributed by atoms with E-state index in [4.69, 9.17) is 10.5 Å². The molecule has 0 unspecified atom stereocenters. The molecule has 4 heteroatoms. The van der Waals surface area contributed by atoms with Crippen LogP contribution in [0.3, 0.4) is 0 Å². The predicted octanol–water partition coefficient (Wildman–Crippen LogP) is 1.19. The molecule has 0 aliphatic carbocycles. The number of nitrogens with two attached hydrogens (primary N) is 1. The zero-order valence-electron chi connectivity index (χ0n) is 8.99. The standard InChI is InChI=1S/C10H19N3O/c1-3-7-13-10(14-2)9(8-12-13)5-4-6-11/h8H,3-7,11H2,1-2H3. The van der Waals surface area contributed by atoms with Crippen molar-refractivity contribution in [1.29, 1.82) is 0 Å². The highest BCUT2D eigenvalue weighted by Crippen LogP contribution is 2.19. The number of hydrogen-bond acceptors (Lipinski definition) is 3. The highest BCUT2D eigenvalue weighted by molar-refractivity contribution is 5.24. The number of hydrogen-bond donors (Lipinski definition) is 1. The van der Waals surface area contributed by atoms with Crippen LogP contribution in [0.5, 0.6) is 5.88 Å². The molecular formula is C10H19N3O. The molecule has 14 heavy (non-hydrogen) atoms. The lowest BCUT2D eigenvalue weighted by Gasteiger charge is -2.06. The quantitative estimate of drug-likeness (QED) is 0.745. The van der Waals surface area contributed by atoms with Crippen molar-refractivity contribution in [3.63, 3.8) is 0 Å². The van der Waals surface area contributed by atoms with E-state index in [0.29, 0.717) is 6.54 Å². The maximum absolute atomic E-state index is 5.47. The smallest absolute Gasteiger partial charge is 0.214 e. The van der Waals surface area contributed by atoms with Crippen LogP contribution in [0, 0.1) is 0 Å². The third-order valence-electron chi connectivity index (χ3n) is 2.14. The highest BCUT2D eigenvalue weighted by Gasteiger charge is 2.09. The SMILES string of the molecule is CCCn1ncc(CCCN)c1OC. The van der Waals surface area contributed by atoms with E-state index in [1.807, 2.05) is 10.9 Å². The van der Waals surface area contributed by atoms with Gasteiger partial charge in [-0.15, -0.1) is 0 Å². The minimum atomic E-state index is 0.710. The van der Waals surface area contributed by atoms with Crippen molar-refractivity contribution in [2.75, 3.05) is 13.7 Å². The Labute approximate surface area is 85.0 Å². The summed E-state index contributed by atoms with van der Waals surface area (Å²) in [5.41, 5.74) is 6.62. The van der Waals surface area contributed by atoms with Crippen LogP contribution in [0.15, 0.2) is 6.20 Å². The monoisotopic (exact) mass is 197 g/mol. The van der Waals surface area contributed by atoms with Crippen LogP contribution in [-0.4, -0.2) is 23.4 Å². The topological polar surface area (TPSA) is 53.1 Å². The summed E-state index contributed by atoms with van der Waals surface area (Å²) in [4.78, 5) is 0. The third-order valence-corrected chi connectivity index (χ3v) is 2.14. The molecule has 0 atom stereocenters. The van der Waals surface area contributed by atoms with Crippen molar-refractivity contribution >= 4 is 0 Å². The number of nitrogens with zero attached hydrogens (tertiary/aromatic N) is 2. The summed E-state index contributed by atoms with van der Waals surface area (Å²) in [6.45, 7) is 3.74. The molecule has 4 nitrogen and oxygen atoms in total. The summed E-state index contributed by atoms with van der Waals surface area (Å²) in [6, 6.07) is 0. The van der Waals surface area contributed by atoms with Gasteiger partial charge in [0, 0.05) is 12.1 Å². The number of ether oxygens (including phenoxy) is 1. The first kappa shape index (κ1) is 11.0. The lowest BCUT2D eigenvalue weighted by molar-refractivity contribution is 0.355. The molecule has 80 valence electrons. The Hall–Kier alpha value is -1.03. The van der Waals surface area contributed by atoms with Gasteiger partial charge in [-0.25, -0.2) is 4.68 Å². The lowest BCUT2D eigenvalue weighted by Crippen LogP contribution is -2.04. The molecule has 0 saturated heterocycles. The molecule has 0 aliphatic heterocycles. The van der Waals surface area contributed by atoms with E-state index in [-0.39, 0.29) is 0 Å². The molecule has 0 aromatic carbocycles. The average Bonchev–Trinajstić information content (AvgIpc) is 2.58. The molecule has 0 fully saturated rings. The van der Waals surface area contributed by atoms with E-state index in [1.165, 1.54) is 0 Å². The molecule has 0 bridgehead atoms. The van der Waals surface area contributed by atoms with Gasteiger partial charge >= 0.3 is 0 Å². The largest absolute Gasteiger partial charge is 0.481 e. The molecule has 0 radical (unpaired) electrons. The first-order valence-corrected chi connectivity index (χ1v) is 5.12. The molecule has 1 aromatic heterocycles. The Balaban J connectivity index is 2.73. The van der Waals surface area contributed by atoms with Crippen molar-refractivity contribution in [3.05, 3.63) is 11.8 Å². The molecule has 0 spiro atoms. The van der Waals surface area contributed by atoms with Crippen molar-refractivity contribution < 1.29 is 4.74 Å². The summed E-state index contributed by atoms with van der Waals surface area (Å²) in [5, 5.41) is 4.28. The van der Waals surface area contributed by atoms with Crippen LogP contribution < -0.4 is 10.5 Å². The second kappa shape index (κ2) is 5.65. The van der Waals surface area contributed by atoms with E-state index in [2.05, 4.69) is 12.0 Å². The average molecular weight is 197 g/mol. The second-order valence-electron chi connectivity index (χ2n) is 3.29. The van der Waals surface area contributed by atoms with Gasteiger partial charge in [0.2, 0.25) is 5.88 Å². The van der Waals surface area contributed by atoms with Gasteiger partial charge in [0.15, 0.2) is 0 Å². The summed E-state index contributed by atoms with van der Waals surface area (Å²) in [7, 11) is 1.69. The Morgan fingerprint density at radius 3 is 2.93 bits per heavy atom. The summed E-state index contributed by atoms with van der Waals surface area (Å²) >= 11 is 0. The van der Waals surface area contributed by atoms with E-state index >= 15 is 0 Å². The number of aromatic nitrogens is 2. The van der Waals surface area contributed by atoms with Crippen LogP contribution in [0.2, 0.25) is 0 Å². The molecular weight excluding hydrogens is 178 g/mol. The summed E-state index contributed by atoms with van der Waals surface area (Å²) in [6.07, 6.45) is 4.87. The number of rotatable bonds is 6. The normalized spacial score (nSPS) is 10.5. The van der Waals surface area contributed by atoms with Gasteiger partial charge in [0.05, 0.1) is 13.3 Å². The Morgan fingerprint density at radius 1 is 1.57 bits per heavy atom. The first-order valence-electron chi connectivity index (χ1n) is 5.12. The van der Waals surface area contributed by atoms with E-state index in [0.717, 1.165) is 37.3 Å². The molecule has 0 saturated carbocycles. The maximum atomic E-state index is 5.47. The first-order chi connectivity index (χ1) is 6.83. The zero-order chi connectivity index (χ0) is 10.4. The summed E-state index contributed by atoms with van der Waals surface area (Å²) in [5.74, 6) is 0.889. The molecule has 1 aromatic rings. The van der Waals surface area contributed by atoms with Gasteiger partial charge < -0.3 is 10.5 Å². The lowest BCUT2D eigenvalue weighted by atomic mass is 10.2. The fourth-order valence-electron chi connectivity index (χ4n) is 1.48. The Morgan fingerprint density at radius 2 is 2.36 bits per heavy atom. The van der Waals surface area contributed by atoms with Gasteiger partial charge in [-0.2, -0.15) is 5.10 Å². The van der Waals surface area contributed by atoms with E-state index < -0.39 is 0 Å². The highest BCUT2D eigenvalue weighted by atomic mass is 16.5. The molecule has 0 amide bonds. The zero-order valence-corrected chi connectivity index (χ0v) is 8.99.